The summed E-state index contributed by atoms with van der Waals surface area (Å²) in [6, 6.07) is 8.95. The molecule has 2 amide bonds. The van der Waals surface area contributed by atoms with E-state index in [1.165, 1.54) is 16.9 Å². The van der Waals surface area contributed by atoms with E-state index in [2.05, 4.69) is 20.8 Å². The van der Waals surface area contributed by atoms with Crippen molar-refractivity contribution in [1.82, 2.24) is 10.2 Å². The number of amides is 2. The number of rotatable bonds is 3. The molecule has 0 radical (unpaired) electrons. The topological polar surface area (TPSA) is 80.0 Å². The van der Waals surface area contributed by atoms with Crippen molar-refractivity contribution in [3.63, 3.8) is 0 Å². The first kappa shape index (κ1) is 14.3. The molecule has 0 aliphatic heterocycles. The van der Waals surface area contributed by atoms with Crippen LogP contribution in [-0.4, -0.2) is 16.2 Å². The third-order valence-electron chi connectivity index (χ3n) is 3.14. The molecule has 0 atom stereocenters. The van der Waals surface area contributed by atoms with Crippen molar-refractivity contribution in [2.45, 2.75) is 13.8 Å². The minimum absolute atomic E-state index is 0.356. The van der Waals surface area contributed by atoms with Gasteiger partial charge in [0.25, 0.3) is 0 Å². The molecule has 0 aliphatic rings. The largest absolute Gasteiger partial charge is 0.462 e. The first-order chi connectivity index (χ1) is 10.6. The van der Waals surface area contributed by atoms with Gasteiger partial charge in [-0.3, -0.25) is 5.32 Å². The molecule has 0 unspecified atom stereocenters. The molecular weight excluding hydrogens is 300 g/mol. The van der Waals surface area contributed by atoms with Crippen molar-refractivity contribution in [3.05, 3.63) is 47.7 Å². The maximum atomic E-state index is 12.0. The highest BCUT2D eigenvalue weighted by Crippen LogP contribution is 2.26. The molecule has 6 nitrogen and oxygen atoms in total. The van der Waals surface area contributed by atoms with E-state index in [4.69, 9.17) is 4.42 Å². The van der Waals surface area contributed by atoms with Gasteiger partial charge in [-0.05, 0) is 49.2 Å². The van der Waals surface area contributed by atoms with Gasteiger partial charge in [0.15, 0.2) is 10.8 Å². The van der Waals surface area contributed by atoms with Crippen LogP contribution in [0.4, 0.5) is 15.6 Å². The van der Waals surface area contributed by atoms with Crippen molar-refractivity contribution in [2.75, 3.05) is 10.6 Å². The average Bonchev–Trinajstić information content (AvgIpc) is 3.13. The van der Waals surface area contributed by atoms with Crippen LogP contribution in [0, 0.1) is 13.8 Å². The molecule has 112 valence electrons. The molecular formula is C15H14N4O2S. The number of aryl methyl sites for hydroxylation is 2. The van der Waals surface area contributed by atoms with Crippen LogP contribution in [0.3, 0.4) is 0 Å². The summed E-state index contributed by atoms with van der Waals surface area (Å²) in [6.07, 6.45) is 1.57. The summed E-state index contributed by atoms with van der Waals surface area (Å²) in [5.74, 6) is 0.625. The molecule has 2 heterocycles. The number of urea groups is 1. The Labute approximate surface area is 131 Å². The van der Waals surface area contributed by atoms with Crippen LogP contribution in [0.25, 0.3) is 10.8 Å². The Morgan fingerprint density at radius 2 is 2.00 bits per heavy atom. The molecule has 3 rings (SSSR count). The fraction of sp³-hybridized carbons (Fsp3) is 0.133. The number of benzene rings is 1. The lowest BCUT2D eigenvalue weighted by Gasteiger charge is -2.07. The lowest BCUT2D eigenvalue weighted by Crippen LogP contribution is -2.19. The molecule has 2 aromatic heterocycles. The maximum Gasteiger partial charge on any atom is 0.325 e. The van der Waals surface area contributed by atoms with Crippen LogP contribution >= 0.6 is 11.3 Å². The highest BCUT2D eigenvalue weighted by atomic mass is 32.1. The average molecular weight is 314 g/mol. The van der Waals surface area contributed by atoms with E-state index in [1.54, 1.807) is 18.4 Å². The maximum absolute atomic E-state index is 12.0. The van der Waals surface area contributed by atoms with Gasteiger partial charge in [0.2, 0.25) is 5.13 Å². The summed E-state index contributed by atoms with van der Waals surface area (Å²) in [5.41, 5.74) is 3.03. The van der Waals surface area contributed by atoms with Crippen molar-refractivity contribution in [2.24, 2.45) is 0 Å². The Hall–Kier alpha value is -2.67. The summed E-state index contributed by atoms with van der Waals surface area (Å²) in [4.78, 5) is 12.0. The van der Waals surface area contributed by atoms with Crippen molar-refractivity contribution in [3.8, 4) is 10.8 Å². The van der Waals surface area contributed by atoms with Crippen molar-refractivity contribution < 1.29 is 9.21 Å². The molecule has 2 N–H and O–H groups in total. The van der Waals surface area contributed by atoms with E-state index < -0.39 is 0 Å². The molecule has 22 heavy (non-hydrogen) atoms. The van der Waals surface area contributed by atoms with Gasteiger partial charge in [-0.15, -0.1) is 10.2 Å². The molecule has 0 saturated carbocycles. The van der Waals surface area contributed by atoms with Crippen LogP contribution in [0.1, 0.15) is 11.1 Å². The second kappa shape index (κ2) is 5.98. The van der Waals surface area contributed by atoms with Gasteiger partial charge in [0.1, 0.15) is 0 Å². The molecule has 0 fully saturated rings. The molecule has 3 aromatic rings. The molecule has 7 heteroatoms. The summed E-state index contributed by atoms with van der Waals surface area (Å²) in [5, 5.41) is 14.4. The lowest BCUT2D eigenvalue weighted by atomic mass is 10.1. The predicted octanol–water partition coefficient (Wildman–Crippen LogP) is 4.06. The van der Waals surface area contributed by atoms with E-state index >= 15 is 0 Å². The second-order valence-corrected chi connectivity index (χ2v) is 5.75. The zero-order chi connectivity index (χ0) is 15.5. The fourth-order valence-corrected chi connectivity index (χ4v) is 2.56. The summed E-state index contributed by atoms with van der Waals surface area (Å²) in [7, 11) is 0. The third-order valence-corrected chi connectivity index (χ3v) is 4.00. The number of hydrogen-bond donors (Lipinski definition) is 2. The summed E-state index contributed by atoms with van der Waals surface area (Å²) < 4.78 is 5.24. The van der Waals surface area contributed by atoms with E-state index in [1.807, 2.05) is 32.0 Å². The van der Waals surface area contributed by atoms with Gasteiger partial charge in [-0.1, -0.05) is 17.4 Å². The van der Waals surface area contributed by atoms with Crippen LogP contribution in [0.2, 0.25) is 0 Å². The smallest absolute Gasteiger partial charge is 0.325 e. The SMILES string of the molecule is Cc1ccc(NC(=O)Nc2nnc(-c3ccco3)s2)cc1C. The summed E-state index contributed by atoms with van der Waals surface area (Å²) in [6.45, 7) is 4.02. The highest BCUT2D eigenvalue weighted by molar-refractivity contribution is 7.18. The Bertz CT molecular complexity index is 796. The Kier molecular flexibility index (Phi) is 3.88. The molecule has 1 aromatic carbocycles. The van der Waals surface area contributed by atoms with Crippen molar-refractivity contribution >= 4 is 28.2 Å². The molecule has 0 bridgehead atoms. The van der Waals surface area contributed by atoms with Crippen LogP contribution < -0.4 is 10.6 Å². The Morgan fingerprint density at radius 1 is 1.14 bits per heavy atom. The lowest BCUT2D eigenvalue weighted by molar-refractivity contribution is 0.262. The third kappa shape index (κ3) is 3.15. The first-order valence-electron chi connectivity index (χ1n) is 6.64. The Morgan fingerprint density at radius 3 is 2.73 bits per heavy atom. The Balaban J connectivity index is 1.65. The minimum Gasteiger partial charge on any atom is -0.462 e. The minimum atomic E-state index is -0.356. The quantitative estimate of drug-likeness (QED) is 0.764. The van der Waals surface area contributed by atoms with Gasteiger partial charge in [0.05, 0.1) is 6.26 Å². The number of carbonyl (C=O) groups excluding carboxylic acids is 1. The van der Waals surface area contributed by atoms with E-state index in [0.29, 0.717) is 15.9 Å². The van der Waals surface area contributed by atoms with Crippen molar-refractivity contribution in [1.29, 1.82) is 0 Å². The molecule has 0 aliphatic carbocycles. The predicted molar refractivity (Wildman–Crippen MR) is 86.2 cm³/mol. The van der Waals surface area contributed by atoms with Gasteiger partial charge < -0.3 is 9.73 Å². The fourth-order valence-electron chi connectivity index (χ4n) is 1.85. The second-order valence-electron chi connectivity index (χ2n) is 4.77. The van der Waals surface area contributed by atoms with Gasteiger partial charge in [-0.25, -0.2) is 4.79 Å². The van der Waals surface area contributed by atoms with E-state index in [9.17, 15) is 4.79 Å². The number of nitrogens with zero attached hydrogens (tertiary/aromatic N) is 2. The normalized spacial score (nSPS) is 10.5. The number of aromatic nitrogens is 2. The van der Waals surface area contributed by atoms with E-state index in [0.717, 1.165) is 11.3 Å². The zero-order valence-corrected chi connectivity index (χ0v) is 12.9. The van der Waals surface area contributed by atoms with Gasteiger partial charge in [0, 0.05) is 5.69 Å². The number of carbonyl (C=O) groups is 1. The molecule has 0 spiro atoms. The number of furan rings is 1. The van der Waals surface area contributed by atoms with Crippen LogP contribution in [0.5, 0.6) is 0 Å². The zero-order valence-electron chi connectivity index (χ0n) is 12.1. The monoisotopic (exact) mass is 314 g/mol. The number of nitrogens with one attached hydrogen (secondary N) is 2. The highest BCUT2D eigenvalue weighted by Gasteiger charge is 2.11. The van der Waals surface area contributed by atoms with Gasteiger partial charge >= 0.3 is 6.03 Å². The molecule has 0 saturated heterocycles. The van der Waals surface area contributed by atoms with Crippen LogP contribution in [-0.2, 0) is 0 Å². The first-order valence-corrected chi connectivity index (χ1v) is 7.46. The summed E-state index contributed by atoms with van der Waals surface area (Å²) >= 11 is 1.25. The number of hydrogen-bond acceptors (Lipinski definition) is 5. The van der Waals surface area contributed by atoms with Gasteiger partial charge in [-0.2, -0.15) is 0 Å². The van der Waals surface area contributed by atoms with Crippen LogP contribution in [0.15, 0.2) is 41.0 Å². The number of anilines is 2. The standard InChI is InChI=1S/C15H14N4O2S/c1-9-5-6-11(8-10(9)2)16-14(20)17-15-19-18-13(22-15)12-4-3-7-21-12/h3-8H,1-2H3,(H2,16,17,19,20). The van der Waals surface area contributed by atoms with E-state index in [-0.39, 0.29) is 6.03 Å².